The van der Waals surface area contributed by atoms with Crippen LogP contribution in [-0.2, 0) is 14.8 Å². The number of sulfonamides is 1. The van der Waals surface area contributed by atoms with Crippen LogP contribution in [0.5, 0.6) is 5.75 Å². The molecule has 1 amide bonds. The quantitative estimate of drug-likeness (QED) is 0.651. The number of aryl methyl sites for hydroxylation is 1. The lowest BCUT2D eigenvalue weighted by atomic mass is 10.0. The molecule has 0 saturated carbocycles. The monoisotopic (exact) mass is 420 g/mol. The number of hydrogen-bond acceptors (Lipinski definition) is 5. The number of ether oxygens (including phenoxy) is 2. The molecule has 2 atom stereocenters. The summed E-state index contributed by atoms with van der Waals surface area (Å²) in [5.41, 5.74) is 2.30. The van der Waals surface area contributed by atoms with Gasteiger partial charge in [-0.15, -0.1) is 0 Å². The van der Waals surface area contributed by atoms with E-state index < -0.39 is 10.0 Å². The molecule has 158 valence electrons. The highest BCUT2D eigenvalue weighted by atomic mass is 32.2. The zero-order valence-electron chi connectivity index (χ0n) is 17.4. The van der Waals surface area contributed by atoms with Crippen LogP contribution in [0.3, 0.4) is 0 Å². The van der Waals surface area contributed by atoms with Crippen molar-refractivity contribution in [3.8, 4) is 5.75 Å². The Balaban J connectivity index is 2.12. The van der Waals surface area contributed by atoms with Gasteiger partial charge >= 0.3 is 0 Å². The van der Waals surface area contributed by atoms with E-state index in [1.165, 1.54) is 31.4 Å². The second-order valence-electron chi connectivity index (χ2n) is 6.94. The van der Waals surface area contributed by atoms with Crippen LogP contribution in [0.4, 0.5) is 0 Å². The van der Waals surface area contributed by atoms with Gasteiger partial charge in [0.15, 0.2) is 0 Å². The number of carbonyl (C=O) groups is 1. The highest BCUT2D eigenvalue weighted by molar-refractivity contribution is 7.89. The van der Waals surface area contributed by atoms with E-state index in [0.717, 1.165) is 11.1 Å². The molecule has 2 N–H and O–H groups in total. The van der Waals surface area contributed by atoms with E-state index in [0.29, 0.717) is 11.3 Å². The summed E-state index contributed by atoms with van der Waals surface area (Å²) < 4.78 is 37.6. The first-order valence-electron chi connectivity index (χ1n) is 9.24. The molecule has 29 heavy (non-hydrogen) atoms. The molecule has 2 rings (SSSR count). The van der Waals surface area contributed by atoms with E-state index in [1.54, 1.807) is 14.0 Å². The molecule has 0 saturated heterocycles. The number of nitrogens with one attached hydrogen (secondary N) is 2. The molecule has 0 bridgehead atoms. The van der Waals surface area contributed by atoms with Crippen molar-refractivity contribution >= 4 is 15.9 Å². The van der Waals surface area contributed by atoms with E-state index in [1.807, 2.05) is 32.0 Å². The largest absolute Gasteiger partial charge is 0.496 e. The lowest BCUT2D eigenvalue weighted by molar-refractivity contribution is 0.0939. The first-order chi connectivity index (χ1) is 13.7. The Morgan fingerprint density at radius 1 is 1.07 bits per heavy atom. The van der Waals surface area contributed by atoms with Crippen molar-refractivity contribution in [3.05, 3.63) is 59.2 Å². The Labute approximate surface area is 172 Å². The van der Waals surface area contributed by atoms with Crippen molar-refractivity contribution in [2.24, 2.45) is 0 Å². The van der Waals surface area contributed by atoms with Gasteiger partial charge in [-0.05, 0) is 51.1 Å². The second-order valence-corrected chi connectivity index (χ2v) is 8.66. The molecule has 0 spiro atoms. The Bertz CT molecular complexity index is 942. The summed E-state index contributed by atoms with van der Waals surface area (Å²) in [6.07, 6.45) is 0. The summed E-state index contributed by atoms with van der Waals surface area (Å²) in [5, 5.41) is 2.92. The Morgan fingerprint density at radius 2 is 1.72 bits per heavy atom. The van der Waals surface area contributed by atoms with E-state index in [4.69, 9.17) is 9.47 Å². The number of benzene rings is 2. The number of amides is 1. The van der Waals surface area contributed by atoms with Crippen LogP contribution in [-0.4, -0.2) is 41.2 Å². The van der Waals surface area contributed by atoms with E-state index in [2.05, 4.69) is 10.0 Å². The van der Waals surface area contributed by atoms with Gasteiger partial charge in [-0.2, -0.15) is 0 Å². The van der Waals surface area contributed by atoms with Gasteiger partial charge in [0.1, 0.15) is 5.75 Å². The summed E-state index contributed by atoms with van der Waals surface area (Å²) in [6, 6.07) is 10.9. The lowest BCUT2D eigenvalue weighted by Gasteiger charge is -2.18. The summed E-state index contributed by atoms with van der Waals surface area (Å²) in [6.45, 7) is 5.82. The Morgan fingerprint density at radius 3 is 2.31 bits per heavy atom. The van der Waals surface area contributed by atoms with E-state index in [-0.39, 0.29) is 29.5 Å². The zero-order chi connectivity index (χ0) is 21.6. The van der Waals surface area contributed by atoms with Gasteiger partial charge in [-0.25, -0.2) is 13.1 Å². The molecule has 0 aromatic heterocycles. The van der Waals surface area contributed by atoms with Crippen molar-refractivity contribution in [2.75, 3.05) is 20.8 Å². The molecular formula is C21H28N2O5S. The summed E-state index contributed by atoms with van der Waals surface area (Å²) >= 11 is 0. The molecule has 0 fully saturated rings. The predicted octanol–water partition coefficient (Wildman–Crippen LogP) is 2.81. The van der Waals surface area contributed by atoms with Crippen molar-refractivity contribution in [1.29, 1.82) is 0 Å². The highest BCUT2D eigenvalue weighted by Crippen LogP contribution is 2.26. The molecule has 8 heteroatoms. The molecule has 0 aliphatic heterocycles. The van der Waals surface area contributed by atoms with Crippen LogP contribution in [0.25, 0.3) is 0 Å². The number of carbonyl (C=O) groups excluding carboxylic acids is 1. The number of hydrogen-bond donors (Lipinski definition) is 2. The molecular weight excluding hydrogens is 392 g/mol. The maximum absolute atomic E-state index is 12.6. The fourth-order valence-electron chi connectivity index (χ4n) is 2.95. The second kappa shape index (κ2) is 9.87. The van der Waals surface area contributed by atoms with Crippen LogP contribution in [0, 0.1) is 6.92 Å². The average molecular weight is 421 g/mol. The number of methoxy groups -OCH3 is 2. The molecule has 0 unspecified atom stereocenters. The minimum atomic E-state index is -3.68. The van der Waals surface area contributed by atoms with Gasteiger partial charge in [0.05, 0.1) is 24.7 Å². The smallest absolute Gasteiger partial charge is 0.251 e. The topological polar surface area (TPSA) is 93.7 Å². The Hall–Kier alpha value is -2.42. The summed E-state index contributed by atoms with van der Waals surface area (Å²) in [4.78, 5) is 12.7. The minimum absolute atomic E-state index is 0.0883. The first kappa shape index (κ1) is 22.9. The number of rotatable bonds is 9. The minimum Gasteiger partial charge on any atom is -0.496 e. The third kappa shape index (κ3) is 6.03. The lowest BCUT2D eigenvalue weighted by Crippen LogP contribution is -2.35. The Kier molecular flexibility index (Phi) is 7.78. The van der Waals surface area contributed by atoms with Gasteiger partial charge in [-0.1, -0.05) is 17.7 Å². The van der Waals surface area contributed by atoms with Gasteiger partial charge < -0.3 is 14.8 Å². The maximum atomic E-state index is 12.6. The van der Waals surface area contributed by atoms with Crippen LogP contribution < -0.4 is 14.8 Å². The van der Waals surface area contributed by atoms with Crippen LogP contribution in [0.1, 0.15) is 41.4 Å². The van der Waals surface area contributed by atoms with Crippen LogP contribution in [0.15, 0.2) is 47.4 Å². The van der Waals surface area contributed by atoms with Crippen LogP contribution >= 0.6 is 0 Å². The molecule has 7 nitrogen and oxygen atoms in total. The van der Waals surface area contributed by atoms with Crippen molar-refractivity contribution in [1.82, 2.24) is 10.0 Å². The molecule has 0 aliphatic carbocycles. The molecule has 2 aromatic rings. The normalized spacial score (nSPS) is 13.6. The van der Waals surface area contributed by atoms with Crippen molar-refractivity contribution in [2.45, 2.75) is 37.8 Å². The van der Waals surface area contributed by atoms with Crippen molar-refractivity contribution in [3.63, 3.8) is 0 Å². The highest BCUT2D eigenvalue weighted by Gasteiger charge is 2.19. The molecule has 0 radical (unpaired) electrons. The van der Waals surface area contributed by atoms with E-state index in [9.17, 15) is 13.2 Å². The van der Waals surface area contributed by atoms with Crippen LogP contribution in [0.2, 0.25) is 0 Å². The van der Waals surface area contributed by atoms with Gasteiger partial charge in [-0.3, -0.25) is 4.79 Å². The average Bonchev–Trinajstić information content (AvgIpc) is 2.67. The molecule has 2 aromatic carbocycles. The van der Waals surface area contributed by atoms with Crippen molar-refractivity contribution < 1.29 is 22.7 Å². The fourth-order valence-corrected chi connectivity index (χ4v) is 4.18. The SMILES string of the molecule is COC[C@H](C)NS(=O)(=O)c1ccc(C(=O)N[C@@H](C)c2cc(C)ccc2OC)cc1. The van der Waals surface area contributed by atoms with Gasteiger partial charge in [0.2, 0.25) is 10.0 Å². The first-order valence-corrected chi connectivity index (χ1v) is 10.7. The summed E-state index contributed by atoms with van der Waals surface area (Å²) in [5.74, 6) is 0.395. The van der Waals surface area contributed by atoms with Gasteiger partial charge in [0, 0.05) is 24.3 Å². The zero-order valence-corrected chi connectivity index (χ0v) is 18.2. The predicted molar refractivity (Wildman–Crippen MR) is 112 cm³/mol. The maximum Gasteiger partial charge on any atom is 0.251 e. The third-order valence-corrected chi connectivity index (χ3v) is 6.00. The standard InChI is InChI=1S/C21H28N2O5S/c1-14-6-11-20(28-5)19(12-14)16(3)22-21(24)17-7-9-18(10-8-17)29(25,26)23-15(2)13-27-4/h6-12,15-16,23H,13H2,1-5H3,(H,22,24)/t15-,16-/m0/s1. The van der Waals surface area contributed by atoms with E-state index >= 15 is 0 Å². The van der Waals surface area contributed by atoms with Gasteiger partial charge in [0.25, 0.3) is 5.91 Å². The fraction of sp³-hybridized carbons (Fsp3) is 0.381. The molecule has 0 heterocycles. The molecule has 0 aliphatic rings. The summed E-state index contributed by atoms with van der Waals surface area (Å²) in [7, 11) is -0.590. The third-order valence-electron chi connectivity index (χ3n) is 4.40.